The Hall–Kier alpha value is -0.830. The van der Waals surface area contributed by atoms with Gasteiger partial charge in [0.2, 0.25) is 5.95 Å². The van der Waals surface area contributed by atoms with Crippen molar-refractivity contribution in [1.29, 1.82) is 0 Å². The number of aryl methyl sites for hydroxylation is 1. The summed E-state index contributed by atoms with van der Waals surface area (Å²) in [6.45, 7) is 1.64. The summed E-state index contributed by atoms with van der Waals surface area (Å²) >= 11 is 9.97. The Labute approximate surface area is 79.1 Å². The Morgan fingerprint density at radius 3 is 2.92 bits per heavy atom. The number of nitrogens with zero attached hydrogens (tertiary/aromatic N) is 2. The van der Waals surface area contributed by atoms with Gasteiger partial charge in [0.15, 0.2) is 0 Å². The first-order chi connectivity index (χ1) is 5.65. The Bertz CT molecular complexity index is 337. The molecule has 0 saturated carbocycles. The number of pyridine rings is 1. The van der Waals surface area contributed by atoms with Gasteiger partial charge in [0.05, 0.1) is 10.2 Å². The van der Waals surface area contributed by atoms with Crippen molar-refractivity contribution in [2.75, 3.05) is 0 Å². The van der Waals surface area contributed by atoms with E-state index in [1.165, 1.54) is 6.07 Å². The van der Waals surface area contributed by atoms with Gasteiger partial charge in [-0.15, -0.1) is 0 Å². The van der Waals surface area contributed by atoms with Gasteiger partial charge in [0, 0.05) is 5.69 Å². The standard InChI is InChI=1S/C7H4ClFN2S/c1-4-2-5(8)6(10-3-12)7(9)11-4/h2H,1H3. The molecular weight excluding hydrogens is 199 g/mol. The van der Waals surface area contributed by atoms with E-state index in [-0.39, 0.29) is 10.7 Å². The fourth-order valence-electron chi connectivity index (χ4n) is 0.736. The second-order valence-corrected chi connectivity index (χ2v) is 2.68. The van der Waals surface area contributed by atoms with Crippen molar-refractivity contribution in [2.24, 2.45) is 4.99 Å². The maximum Gasteiger partial charge on any atom is 0.241 e. The van der Waals surface area contributed by atoms with Crippen LogP contribution in [0.25, 0.3) is 0 Å². The number of aliphatic imine (C=N–C) groups is 1. The molecule has 62 valence electrons. The Kier molecular flexibility index (Phi) is 2.87. The molecular formula is C7H4ClFN2S. The topological polar surface area (TPSA) is 25.2 Å². The van der Waals surface area contributed by atoms with Gasteiger partial charge in [-0.1, -0.05) is 11.6 Å². The second-order valence-electron chi connectivity index (χ2n) is 2.09. The van der Waals surface area contributed by atoms with E-state index < -0.39 is 5.95 Å². The van der Waals surface area contributed by atoms with E-state index in [0.29, 0.717) is 5.69 Å². The predicted octanol–water partition coefficient (Wildman–Crippen LogP) is 2.92. The number of thiocarbonyl (C=S) groups is 1. The highest BCUT2D eigenvalue weighted by molar-refractivity contribution is 7.78. The molecule has 0 aliphatic carbocycles. The van der Waals surface area contributed by atoms with Gasteiger partial charge >= 0.3 is 0 Å². The van der Waals surface area contributed by atoms with E-state index in [9.17, 15) is 4.39 Å². The van der Waals surface area contributed by atoms with Crippen LogP contribution in [0.15, 0.2) is 11.1 Å². The highest BCUT2D eigenvalue weighted by Crippen LogP contribution is 2.26. The zero-order valence-corrected chi connectivity index (χ0v) is 7.71. The van der Waals surface area contributed by atoms with E-state index in [0.717, 1.165) is 0 Å². The number of isothiocyanates is 1. The Morgan fingerprint density at radius 1 is 1.75 bits per heavy atom. The van der Waals surface area contributed by atoms with Crippen LogP contribution in [0.5, 0.6) is 0 Å². The van der Waals surface area contributed by atoms with Gasteiger partial charge in [-0.25, -0.2) is 4.98 Å². The second kappa shape index (κ2) is 3.72. The lowest BCUT2D eigenvalue weighted by Crippen LogP contribution is -1.87. The van der Waals surface area contributed by atoms with Crippen LogP contribution < -0.4 is 0 Å². The summed E-state index contributed by atoms with van der Waals surface area (Å²) in [7, 11) is 0. The van der Waals surface area contributed by atoms with Crippen LogP contribution in [0.3, 0.4) is 0 Å². The lowest BCUT2D eigenvalue weighted by Gasteiger charge is -1.98. The molecule has 1 heterocycles. The molecule has 1 aromatic rings. The van der Waals surface area contributed by atoms with E-state index in [2.05, 4.69) is 22.2 Å². The smallest absolute Gasteiger partial charge is 0.223 e. The SMILES string of the molecule is Cc1cc(Cl)c(N=C=S)c(F)n1. The third kappa shape index (κ3) is 1.85. The molecule has 0 aliphatic rings. The maximum absolute atomic E-state index is 12.9. The normalized spacial score (nSPS) is 9.25. The zero-order valence-electron chi connectivity index (χ0n) is 6.14. The molecule has 5 heteroatoms. The molecule has 0 bridgehead atoms. The van der Waals surface area contributed by atoms with Crippen LogP contribution >= 0.6 is 23.8 Å². The quantitative estimate of drug-likeness (QED) is 0.398. The van der Waals surface area contributed by atoms with Crippen LogP contribution in [0.4, 0.5) is 10.1 Å². The third-order valence-electron chi connectivity index (χ3n) is 1.19. The molecule has 0 saturated heterocycles. The van der Waals surface area contributed by atoms with E-state index in [4.69, 9.17) is 11.6 Å². The van der Waals surface area contributed by atoms with Gasteiger partial charge in [-0.3, -0.25) is 0 Å². The molecule has 12 heavy (non-hydrogen) atoms. The van der Waals surface area contributed by atoms with E-state index in [1.807, 2.05) is 5.16 Å². The Morgan fingerprint density at radius 2 is 2.42 bits per heavy atom. The fraction of sp³-hybridized carbons (Fsp3) is 0.143. The van der Waals surface area contributed by atoms with Crippen molar-refractivity contribution in [3.8, 4) is 0 Å². The minimum absolute atomic E-state index is 0.0581. The first-order valence-corrected chi connectivity index (χ1v) is 3.84. The van der Waals surface area contributed by atoms with Crippen LogP contribution in [-0.4, -0.2) is 10.1 Å². The van der Waals surface area contributed by atoms with Crippen molar-refractivity contribution < 1.29 is 4.39 Å². The van der Waals surface area contributed by atoms with Crippen LogP contribution in [-0.2, 0) is 0 Å². The fourth-order valence-corrected chi connectivity index (χ4v) is 1.10. The molecule has 0 radical (unpaired) electrons. The van der Waals surface area contributed by atoms with Crippen LogP contribution in [0.2, 0.25) is 5.02 Å². The van der Waals surface area contributed by atoms with Gasteiger partial charge in [0.25, 0.3) is 0 Å². The number of aromatic nitrogens is 1. The van der Waals surface area contributed by atoms with Gasteiger partial charge in [0.1, 0.15) is 5.69 Å². The molecule has 0 aromatic carbocycles. The lowest BCUT2D eigenvalue weighted by molar-refractivity contribution is 0.583. The predicted molar refractivity (Wildman–Crippen MR) is 48.6 cm³/mol. The van der Waals surface area contributed by atoms with Crippen molar-refractivity contribution in [2.45, 2.75) is 6.92 Å². The highest BCUT2D eigenvalue weighted by Gasteiger charge is 2.07. The number of rotatable bonds is 1. The molecule has 0 amide bonds. The maximum atomic E-state index is 12.9. The molecule has 2 nitrogen and oxygen atoms in total. The lowest BCUT2D eigenvalue weighted by atomic mass is 10.3. The molecule has 0 N–H and O–H groups in total. The minimum Gasteiger partial charge on any atom is -0.223 e. The number of hydrogen-bond donors (Lipinski definition) is 0. The molecule has 0 unspecified atom stereocenters. The monoisotopic (exact) mass is 202 g/mol. The molecule has 0 atom stereocenters. The largest absolute Gasteiger partial charge is 0.241 e. The average Bonchev–Trinajstić information content (AvgIpc) is 1.96. The van der Waals surface area contributed by atoms with Crippen molar-refractivity contribution >= 4 is 34.7 Å². The summed E-state index contributed by atoms with van der Waals surface area (Å²) in [5.41, 5.74) is 0.443. The van der Waals surface area contributed by atoms with Gasteiger partial charge in [-0.2, -0.15) is 9.38 Å². The highest BCUT2D eigenvalue weighted by atomic mass is 35.5. The molecule has 0 aliphatic heterocycles. The van der Waals surface area contributed by atoms with Gasteiger partial charge < -0.3 is 0 Å². The number of halogens is 2. The van der Waals surface area contributed by atoms with Crippen molar-refractivity contribution in [1.82, 2.24) is 4.98 Å². The molecule has 1 aromatic heterocycles. The Balaban J connectivity index is 3.37. The summed E-state index contributed by atoms with van der Waals surface area (Å²) in [6, 6.07) is 1.51. The van der Waals surface area contributed by atoms with E-state index in [1.54, 1.807) is 6.92 Å². The van der Waals surface area contributed by atoms with Crippen molar-refractivity contribution in [3.63, 3.8) is 0 Å². The van der Waals surface area contributed by atoms with Crippen LogP contribution in [0, 0.1) is 12.9 Å². The zero-order chi connectivity index (χ0) is 9.14. The number of hydrogen-bond acceptors (Lipinski definition) is 3. The molecule has 1 rings (SSSR count). The van der Waals surface area contributed by atoms with E-state index >= 15 is 0 Å². The minimum atomic E-state index is -0.725. The van der Waals surface area contributed by atoms with Crippen LogP contribution in [0.1, 0.15) is 5.69 Å². The summed E-state index contributed by atoms with van der Waals surface area (Å²) in [6.07, 6.45) is 0. The summed E-state index contributed by atoms with van der Waals surface area (Å²) < 4.78 is 12.9. The molecule has 0 fully saturated rings. The summed E-state index contributed by atoms with van der Waals surface area (Å²) in [4.78, 5) is 6.96. The van der Waals surface area contributed by atoms with Crippen molar-refractivity contribution in [3.05, 3.63) is 22.7 Å². The average molecular weight is 203 g/mol. The summed E-state index contributed by atoms with van der Waals surface area (Å²) in [5, 5.41) is 2.22. The summed E-state index contributed by atoms with van der Waals surface area (Å²) in [5.74, 6) is -0.725. The third-order valence-corrected chi connectivity index (χ3v) is 1.57. The van der Waals surface area contributed by atoms with Gasteiger partial charge in [-0.05, 0) is 25.2 Å². The first-order valence-electron chi connectivity index (χ1n) is 3.05. The first kappa shape index (κ1) is 9.26. The molecule has 0 spiro atoms.